The Morgan fingerprint density at radius 2 is 2.04 bits per heavy atom. The minimum absolute atomic E-state index is 0.363. The summed E-state index contributed by atoms with van der Waals surface area (Å²) in [6, 6.07) is 0. The van der Waals surface area contributed by atoms with E-state index in [9.17, 15) is 4.79 Å². The molecule has 130 valence electrons. The molecule has 2 rings (SSSR count). The Labute approximate surface area is 139 Å². The molecular weight excluding hydrogens is 292 g/mol. The van der Waals surface area contributed by atoms with E-state index in [4.69, 9.17) is 4.74 Å². The monoisotopic (exact) mass is 322 g/mol. The van der Waals surface area contributed by atoms with Crippen molar-refractivity contribution >= 4 is 6.09 Å². The maximum Gasteiger partial charge on any atom is 0.407 e. The predicted molar refractivity (Wildman–Crippen MR) is 90.5 cm³/mol. The quantitative estimate of drug-likeness (QED) is 0.837. The van der Waals surface area contributed by atoms with Crippen LogP contribution in [0.1, 0.15) is 45.7 Å². The van der Waals surface area contributed by atoms with Crippen molar-refractivity contribution < 1.29 is 9.53 Å². The highest BCUT2D eigenvalue weighted by molar-refractivity contribution is 5.67. The van der Waals surface area contributed by atoms with Gasteiger partial charge in [0.25, 0.3) is 0 Å². The first-order chi connectivity index (χ1) is 10.9. The Bertz CT molecular complexity index is 487. The summed E-state index contributed by atoms with van der Waals surface area (Å²) < 4.78 is 7.42. The molecule has 6 heteroatoms. The fourth-order valence-electron chi connectivity index (χ4n) is 2.84. The number of hydrogen-bond acceptors (Lipinski definition) is 4. The fourth-order valence-corrected chi connectivity index (χ4v) is 2.84. The Hall–Kier alpha value is -1.56. The van der Waals surface area contributed by atoms with Crippen molar-refractivity contribution in [2.24, 2.45) is 0 Å². The first-order valence-corrected chi connectivity index (χ1v) is 8.62. The number of amides is 1. The van der Waals surface area contributed by atoms with Crippen LogP contribution in [0.15, 0.2) is 12.5 Å². The fraction of sp³-hybridized carbons (Fsp3) is 0.765. The molecule has 0 unspecified atom stereocenters. The van der Waals surface area contributed by atoms with Crippen LogP contribution < -0.4 is 5.32 Å². The van der Waals surface area contributed by atoms with E-state index >= 15 is 0 Å². The standard InChI is InChI=1S/C17H30N4O2/c1-17(2,3)23-16(22)19-8-7-15-13-18-14-21(15)12-6-11-20-9-4-5-10-20/h13-14H,4-12H2,1-3H3,(H,19,22). The molecule has 1 saturated heterocycles. The summed E-state index contributed by atoms with van der Waals surface area (Å²) in [7, 11) is 0. The molecule has 0 radical (unpaired) electrons. The second-order valence-corrected chi connectivity index (χ2v) is 7.16. The second-order valence-electron chi connectivity index (χ2n) is 7.16. The van der Waals surface area contributed by atoms with Crippen molar-refractivity contribution in [3.8, 4) is 0 Å². The highest BCUT2D eigenvalue weighted by Crippen LogP contribution is 2.09. The first-order valence-electron chi connectivity index (χ1n) is 8.62. The van der Waals surface area contributed by atoms with Crippen molar-refractivity contribution in [1.82, 2.24) is 19.8 Å². The summed E-state index contributed by atoms with van der Waals surface area (Å²) in [5, 5.41) is 2.80. The number of aryl methyl sites for hydroxylation is 1. The first kappa shape index (κ1) is 17.8. The number of rotatable bonds is 7. The lowest BCUT2D eigenvalue weighted by molar-refractivity contribution is 0.0528. The minimum Gasteiger partial charge on any atom is -0.444 e. The number of nitrogens with zero attached hydrogens (tertiary/aromatic N) is 3. The molecule has 23 heavy (non-hydrogen) atoms. The van der Waals surface area contributed by atoms with Gasteiger partial charge in [0.1, 0.15) is 5.60 Å². The van der Waals surface area contributed by atoms with Crippen LogP contribution in [0.4, 0.5) is 4.79 Å². The van der Waals surface area contributed by atoms with Gasteiger partial charge >= 0.3 is 6.09 Å². The summed E-state index contributed by atoms with van der Waals surface area (Å²) in [5.41, 5.74) is 0.698. The average molecular weight is 322 g/mol. The third-order valence-electron chi connectivity index (χ3n) is 3.92. The Balaban J connectivity index is 1.67. The molecule has 0 bridgehead atoms. The van der Waals surface area contributed by atoms with Crippen LogP contribution in [-0.2, 0) is 17.7 Å². The van der Waals surface area contributed by atoms with Crippen molar-refractivity contribution in [2.45, 2.75) is 58.6 Å². The lowest BCUT2D eigenvalue weighted by Crippen LogP contribution is -2.33. The number of likely N-dealkylation sites (tertiary alicyclic amines) is 1. The van der Waals surface area contributed by atoms with Crippen LogP contribution in [0, 0.1) is 0 Å². The normalized spacial score (nSPS) is 15.8. The van der Waals surface area contributed by atoms with Crippen molar-refractivity contribution in [2.75, 3.05) is 26.2 Å². The van der Waals surface area contributed by atoms with E-state index in [1.807, 2.05) is 33.3 Å². The van der Waals surface area contributed by atoms with E-state index in [2.05, 4.69) is 19.8 Å². The third kappa shape index (κ3) is 6.60. The Morgan fingerprint density at radius 1 is 1.30 bits per heavy atom. The summed E-state index contributed by atoms with van der Waals surface area (Å²) in [4.78, 5) is 18.4. The van der Waals surface area contributed by atoms with E-state index in [0.717, 1.165) is 31.6 Å². The number of imidazole rings is 1. The highest BCUT2D eigenvalue weighted by Gasteiger charge is 2.15. The lowest BCUT2D eigenvalue weighted by Gasteiger charge is -2.19. The Kier molecular flexibility index (Phi) is 6.45. The van der Waals surface area contributed by atoms with Gasteiger partial charge < -0.3 is 19.5 Å². The molecule has 0 aromatic carbocycles. The van der Waals surface area contributed by atoms with E-state index in [-0.39, 0.29) is 6.09 Å². The SMILES string of the molecule is CC(C)(C)OC(=O)NCCc1cncn1CCCN1CCCC1. The number of aromatic nitrogens is 2. The number of alkyl carbamates (subject to hydrolysis) is 1. The number of carbonyl (C=O) groups excluding carboxylic acids is 1. The van der Waals surface area contributed by atoms with Gasteiger partial charge in [0.05, 0.1) is 6.33 Å². The van der Waals surface area contributed by atoms with Gasteiger partial charge in [-0.25, -0.2) is 9.78 Å². The number of carbonyl (C=O) groups is 1. The van der Waals surface area contributed by atoms with Crippen LogP contribution in [0.5, 0.6) is 0 Å². The molecule has 1 aliphatic rings. The molecular formula is C17H30N4O2. The van der Waals surface area contributed by atoms with E-state index in [1.54, 1.807) is 0 Å². The van der Waals surface area contributed by atoms with E-state index < -0.39 is 5.60 Å². The maximum atomic E-state index is 11.6. The molecule has 1 amide bonds. The number of nitrogens with one attached hydrogen (secondary N) is 1. The van der Waals surface area contributed by atoms with Gasteiger partial charge in [0, 0.05) is 31.4 Å². The largest absolute Gasteiger partial charge is 0.444 e. The summed E-state index contributed by atoms with van der Waals surface area (Å²) >= 11 is 0. The molecule has 0 atom stereocenters. The van der Waals surface area contributed by atoms with Crippen molar-refractivity contribution in [1.29, 1.82) is 0 Å². The molecule has 1 aromatic rings. The summed E-state index contributed by atoms with van der Waals surface area (Å²) in [6.07, 6.45) is 7.99. The van der Waals surface area contributed by atoms with Crippen molar-refractivity contribution in [3.63, 3.8) is 0 Å². The van der Waals surface area contributed by atoms with E-state index in [0.29, 0.717) is 6.54 Å². The third-order valence-corrected chi connectivity index (χ3v) is 3.92. The number of ether oxygens (including phenoxy) is 1. The zero-order valence-electron chi connectivity index (χ0n) is 14.7. The molecule has 1 fully saturated rings. The zero-order valence-corrected chi connectivity index (χ0v) is 14.7. The van der Waals surface area contributed by atoms with Crippen LogP contribution in [-0.4, -0.2) is 52.3 Å². The second kappa shape index (κ2) is 8.34. The van der Waals surface area contributed by atoms with Gasteiger partial charge in [-0.1, -0.05) is 0 Å². The summed E-state index contributed by atoms with van der Waals surface area (Å²) in [6.45, 7) is 10.8. The molecule has 1 N–H and O–H groups in total. The highest BCUT2D eigenvalue weighted by atomic mass is 16.6. The molecule has 6 nitrogen and oxygen atoms in total. The predicted octanol–water partition coefficient (Wildman–Crippen LogP) is 2.44. The molecule has 1 aliphatic heterocycles. The van der Waals surface area contributed by atoms with Gasteiger partial charge in [-0.15, -0.1) is 0 Å². The Morgan fingerprint density at radius 3 is 2.74 bits per heavy atom. The molecule has 0 spiro atoms. The van der Waals surface area contributed by atoms with Crippen LogP contribution in [0.25, 0.3) is 0 Å². The molecule has 0 saturated carbocycles. The van der Waals surface area contributed by atoms with Gasteiger partial charge in [0.15, 0.2) is 0 Å². The smallest absolute Gasteiger partial charge is 0.407 e. The molecule has 2 heterocycles. The van der Waals surface area contributed by atoms with Gasteiger partial charge in [0.2, 0.25) is 0 Å². The van der Waals surface area contributed by atoms with Gasteiger partial charge in [-0.3, -0.25) is 0 Å². The van der Waals surface area contributed by atoms with Gasteiger partial charge in [-0.2, -0.15) is 0 Å². The van der Waals surface area contributed by atoms with Crippen LogP contribution >= 0.6 is 0 Å². The summed E-state index contributed by atoms with van der Waals surface area (Å²) in [5.74, 6) is 0. The zero-order chi connectivity index (χ0) is 16.7. The number of hydrogen-bond donors (Lipinski definition) is 1. The molecule has 0 aliphatic carbocycles. The molecule has 1 aromatic heterocycles. The maximum absolute atomic E-state index is 11.6. The van der Waals surface area contributed by atoms with Crippen molar-refractivity contribution in [3.05, 3.63) is 18.2 Å². The van der Waals surface area contributed by atoms with Crippen LogP contribution in [0.3, 0.4) is 0 Å². The topological polar surface area (TPSA) is 59.4 Å². The minimum atomic E-state index is -0.457. The lowest BCUT2D eigenvalue weighted by atomic mass is 10.2. The van der Waals surface area contributed by atoms with E-state index in [1.165, 1.54) is 25.9 Å². The van der Waals surface area contributed by atoms with Crippen LogP contribution in [0.2, 0.25) is 0 Å². The average Bonchev–Trinajstić information content (AvgIpc) is 3.09. The van der Waals surface area contributed by atoms with Gasteiger partial charge in [-0.05, 0) is 59.7 Å².